The first-order chi connectivity index (χ1) is 16.4. The summed E-state index contributed by atoms with van der Waals surface area (Å²) in [5.41, 5.74) is 7.36. The van der Waals surface area contributed by atoms with E-state index in [1.807, 2.05) is 73.6 Å². The lowest BCUT2D eigenvalue weighted by atomic mass is 10.1. The lowest BCUT2D eigenvalue weighted by Crippen LogP contribution is -2.34. The summed E-state index contributed by atoms with van der Waals surface area (Å²) < 4.78 is 2.27. The van der Waals surface area contributed by atoms with Crippen molar-refractivity contribution in [2.75, 3.05) is 32.5 Å². The van der Waals surface area contributed by atoms with Crippen molar-refractivity contribution in [3.05, 3.63) is 95.5 Å². The maximum atomic E-state index is 12.2. The summed E-state index contributed by atoms with van der Waals surface area (Å²) in [7, 11) is 3.95. The zero-order valence-corrected chi connectivity index (χ0v) is 20.4. The molecule has 0 fully saturated rings. The van der Waals surface area contributed by atoms with Gasteiger partial charge in [-0.2, -0.15) is 0 Å². The summed E-state index contributed by atoms with van der Waals surface area (Å²) in [5.74, 6) is 0. The molecule has 1 aromatic heterocycles. The van der Waals surface area contributed by atoms with Crippen LogP contribution in [0, 0.1) is 6.92 Å². The molecule has 1 heterocycles. The molecule has 2 N–H and O–H groups in total. The molecule has 0 atom stereocenters. The van der Waals surface area contributed by atoms with Gasteiger partial charge in [0, 0.05) is 29.5 Å². The number of aryl methyl sites for hydroxylation is 1. The molecule has 34 heavy (non-hydrogen) atoms. The quantitative estimate of drug-likeness (QED) is 0.324. The fraction of sp³-hybridized carbons (Fsp3) is 0.179. The zero-order valence-electron chi connectivity index (χ0n) is 19.7. The fourth-order valence-corrected chi connectivity index (χ4v) is 4.00. The summed E-state index contributed by atoms with van der Waals surface area (Å²) in [4.78, 5) is 14.2. The van der Waals surface area contributed by atoms with E-state index in [4.69, 9.17) is 11.6 Å². The number of nitrogens with zero attached hydrogens (tertiary/aromatic N) is 2. The maximum Gasteiger partial charge on any atom is 0.319 e. The van der Waals surface area contributed by atoms with Crippen molar-refractivity contribution < 1.29 is 4.79 Å². The third-order valence-corrected chi connectivity index (χ3v) is 5.91. The molecule has 0 aliphatic heterocycles. The van der Waals surface area contributed by atoms with Crippen LogP contribution in [-0.4, -0.2) is 42.7 Å². The summed E-state index contributed by atoms with van der Waals surface area (Å²) in [6.07, 6.45) is 0. The van der Waals surface area contributed by atoms with Gasteiger partial charge in [0.05, 0.1) is 11.4 Å². The molecule has 0 unspecified atom stereocenters. The van der Waals surface area contributed by atoms with Gasteiger partial charge in [-0.25, -0.2) is 4.79 Å². The number of rotatable bonds is 7. The number of nitrogens with one attached hydrogen (secondary N) is 2. The maximum absolute atomic E-state index is 12.2. The monoisotopic (exact) mass is 472 g/mol. The normalized spacial score (nSPS) is 11.0. The molecule has 0 aliphatic carbocycles. The molecule has 0 saturated carbocycles. The second-order valence-corrected chi connectivity index (χ2v) is 8.93. The van der Waals surface area contributed by atoms with Crippen molar-refractivity contribution in [2.24, 2.45) is 0 Å². The molecule has 4 rings (SSSR count). The number of likely N-dealkylation sites (N-methyl/N-ethyl adjacent to an activating group) is 1. The molecule has 4 aromatic rings. The van der Waals surface area contributed by atoms with Gasteiger partial charge >= 0.3 is 6.03 Å². The lowest BCUT2D eigenvalue weighted by molar-refractivity contribution is 0.250. The van der Waals surface area contributed by atoms with E-state index in [1.165, 1.54) is 5.56 Å². The predicted molar refractivity (Wildman–Crippen MR) is 142 cm³/mol. The van der Waals surface area contributed by atoms with Crippen LogP contribution < -0.4 is 10.6 Å². The number of urea groups is 1. The number of carbonyl (C=O) groups excluding carboxylic acids is 1. The van der Waals surface area contributed by atoms with Crippen LogP contribution in [0.15, 0.2) is 84.9 Å². The number of anilines is 1. The molecule has 0 saturated heterocycles. The van der Waals surface area contributed by atoms with Crippen LogP contribution in [0.5, 0.6) is 0 Å². The Labute approximate surface area is 206 Å². The second-order valence-electron chi connectivity index (χ2n) is 8.49. The predicted octanol–water partition coefficient (Wildman–Crippen LogP) is 6.46. The molecule has 3 aromatic carbocycles. The van der Waals surface area contributed by atoms with Crippen LogP contribution in [0.1, 0.15) is 5.56 Å². The Hall–Kier alpha value is -3.54. The van der Waals surface area contributed by atoms with Crippen LogP contribution >= 0.6 is 11.6 Å². The number of benzene rings is 3. The number of hydrogen-bond acceptors (Lipinski definition) is 2. The molecule has 0 aliphatic rings. The Kier molecular flexibility index (Phi) is 7.36. The third kappa shape index (κ3) is 5.50. The largest absolute Gasteiger partial charge is 0.337 e. The zero-order chi connectivity index (χ0) is 24.1. The average Bonchev–Trinajstić information content (AvgIpc) is 3.25. The summed E-state index contributed by atoms with van der Waals surface area (Å²) in [6.45, 7) is 3.50. The molecular weight excluding hydrogens is 444 g/mol. The number of amides is 2. The van der Waals surface area contributed by atoms with E-state index >= 15 is 0 Å². The van der Waals surface area contributed by atoms with Gasteiger partial charge in [0.25, 0.3) is 0 Å². The minimum absolute atomic E-state index is 0.206. The van der Waals surface area contributed by atoms with Crippen LogP contribution in [-0.2, 0) is 0 Å². The fourth-order valence-electron chi connectivity index (χ4n) is 3.87. The van der Waals surface area contributed by atoms with E-state index in [0.29, 0.717) is 11.6 Å². The standard InChI is InChI=1S/C28H29ClN4O/c1-20-6-4-5-7-25(20)33-26(21-8-12-23(29)13-9-21)16-17-27(33)22-10-14-24(15-11-22)31-28(34)30-18-19-32(2)3/h4-17H,18-19H2,1-3H3,(H2,30,31,34). The molecule has 0 radical (unpaired) electrons. The van der Waals surface area contributed by atoms with Gasteiger partial charge in [-0.3, -0.25) is 0 Å². The highest BCUT2D eigenvalue weighted by molar-refractivity contribution is 6.30. The van der Waals surface area contributed by atoms with Crippen LogP contribution in [0.4, 0.5) is 10.5 Å². The lowest BCUT2D eigenvalue weighted by Gasteiger charge is -2.17. The Morgan fingerprint density at radius 2 is 1.44 bits per heavy atom. The Morgan fingerprint density at radius 3 is 2.03 bits per heavy atom. The number of carbonyl (C=O) groups is 1. The Balaban J connectivity index is 1.65. The highest BCUT2D eigenvalue weighted by Crippen LogP contribution is 2.34. The Morgan fingerprint density at radius 1 is 0.853 bits per heavy atom. The van der Waals surface area contributed by atoms with Gasteiger partial charge in [-0.05, 0) is 80.2 Å². The molecular formula is C28H29ClN4O. The number of hydrogen-bond donors (Lipinski definition) is 2. The minimum atomic E-state index is -0.206. The highest BCUT2D eigenvalue weighted by atomic mass is 35.5. The van der Waals surface area contributed by atoms with Crippen molar-refractivity contribution in [2.45, 2.75) is 6.92 Å². The molecule has 5 nitrogen and oxygen atoms in total. The van der Waals surface area contributed by atoms with E-state index in [2.05, 4.69) is 52.5 Å². The summed E-state index contributed by atoms with van der Waals surface area (Å²) >= 11 is 6.13. The number of aromatic nitrogens is 1. The van der Waals surface area contributed by atoms with Gasteiger partial charge in [-0.15, -0.1) is 0 Å². The first kappa shape index (κ1) is 23.6. The van der Waals surface area contributed by atoms with Gasteiger partial charge in [-0.1, -0.05) is 54.1 Å². The van der Waals surface area contributed by atoms with Gasteiger partial charge in [0.15, 0.2) is 0 Å². The van der Waals surface area contributed by atoms with Gasteiger partial charge < -0.3 is 20.1 Å². The Bertz CT molecular complexity index is 1260. The van der Waals surface area contributed by atoms with Crippen LogP contribution in [0.2, 0.25) is 5.02 Å². The summed E-state index contributed by atoms with van der Waals surface area (Å²) in [6, 6.07) is 28.2. The smallest absolute Gasteiger partial charge is 0.319 e. The first-order valence-electron chi connectivity index (χ1n) is 11.3. The van der Waals surface area contributed by atoms with Crippen molar-refractivity contribution >= 4 is 23.3 Å². The minimum Gasteiger partial charge on any atom is -0.337 e. The van der Waals surface area contributed by atoms with Crippen molar-refractivity contribution in [3.63, 3.8) is 0 Å². The van der Waals surface area contributed by atoms with E-state index in [9.17, 15) is 4.79 Å². The molecule has 174 valence electrons. The van der Waals surface area contributed by atoms with Crippen LogP contribution in [0.25, 0.3) is 28.2 Å². The average molecular weight is 473 g/mol. The van der Waals surface area contributed by atoms with E-state index in [1.54, 1.807) is 0 Å². The highest BCUT2D eigenvalue weighted by Gasteiger charge is 2.15. The molecule has 2 amide bonds. The van der Waals surface area contributed by atoms with E-state index in [0.717, 1.165) is 40.4 Å². The van der Waals surface area contributed by atoms with E-state index < -0.39 is 0 Å². The SMILES string of the molecule is Cc1ccccc1-n1c(-c2ccc(Cl)cc2)ccc1-c1ccc(NC(=O)NCCN(C)C)cc1. The van der Waals surface area contributed by atoms with E-state index in [-0.39, 0.29) is 6.03 Å². The topological polar surface area (TPSA) is 49.3 Å². The molecule has 0 bridgehead atoms. The number of para-hydroxylation sites is 1. The van der Waals surface area contributed by atoms with Gasteiger partial charge in [0.1, 0.15) is 0 Å². The van der Waals surface area contributed by atoms with Crippen molar-refractivity contribution in [1.82, 2.24) is 14.8 Å². The molecule has 6 heteroatoms. The van der Waals surface area contributed by atoms with Crippen molar-refractivity contribution in [3.8, 4) is 28.2 Å². The molecule has 0 spiro atoms. The van der Waals surface area contributed by atoms with Crippen LogP contribution in [0.3, 0.4) is 0 Å². The third-order valence-electron chi connectivity index (χ3n) is 5.66. The summed E-state index contributed by atoms with van der Waals surface area (Å²) in [5, 5.41) is 6.48. The first-order valence-corrected chi connectivity index (χ1v) is 11.6. The van der Waals surface area contributed by atoms with Gasteiger partial charge in [0.2, 0.25) is 0 Å². The van der Waals surface area contributed by atoms with Crippen molar-refractivity contribution in [1.29, 1.82) is 0 Å². The second kappa shape index (κ2) is 10.6. The number of halogens is 1.